The van der Waals surface area contributed by atoms with Crippen molar-refractivity contribution in [2.75, 3.05) is 38.0 Å². The van der Waals surface area contributed by atoms with Crippen LogP contribution in [-0.2, 0) is 16.0 Å². The molecule has 1 aliphatic heterocycles. The third-order valence-electron chi connectivity index (χ3n) is 5.00. The molecule has 0 spiro atoms. The van der Waals surface area contributed by atoms with Crippen molar-refractivity contribution in [3.63, 3.8) is 0 Å². The smallest absolute Gasteiger partial charge is 0.406 e. The van der Waals surface area contributed by atoms with E-state index in [4.69, 9.17) is 0 Å². The molecule has 2 amide bonds. The SMILES string of the molecule is O=C(CN1CCN(C(=O)CCc2ccc(F)cc2)CC1)Nc1ccc(OC(F)(F)F)cc1. The predicted octanol–water partition coefficient (Wildman–Crippen LogP) is 3.44. The minimum atomic E-state index is -4.77. The van der Waals surface area contributed by atoms with Crippen LogP contribution in [0.4, 0.5) is 23.2 Å². The van der Waals surface area contributed by atoms with E-state index in [0.717, 1.165) is 17.7 Å². The van der Waals surface area contributed by atoms with Crippen molar-refractivity contribution in [2.45, 2.75) is 19.2 Å². The predicted molar refractivity (Wildman–Crippen MR) is 109 cm³/mol. The van der Waals surface area contributed by atoms with Crippen LogP contribution in [0.15, 0.2) is 48.5 Å². The van der Waals surface area contributed by atoms with Gasteiger partial charge in [-0.1, -0.05) is 12.1 Å². The first-order valence-electron chi connectivity index (χ1n) is 10.1. The molecule has 10 heteroatoms. The number of aryl methyl sites for hydroxylation is 1. The first-order valence-corrected chi connectivity index (χ1v) is 10.1. The summed E-state index contributed by atoms with van der Waals surface area (Å²) in [6.45, 7) is 2.18. The Morgan fingerprint density at radius 3 is 2.16 bits per heavy atom. The maximum absolute atomic E-state index is 12.9. The van der Waals surface area contributed by atoms with Gasteiger partial charge in [0.15, 0.2) is 0 Å². The van der Waals surface area contributed by atoms with Crippen LogP contribution in [0.3, 0.4) is 0 Å². The fourth-order valence-electron chi connectivity index (χ4n) is 3.36. The largest absolute Gasteiger partial charge is 0.573 e. The maximum Gasteiger partial charge on any atom is 0.573 e. The average Bonchev–Trinajstić information content (AvgIpc) is 2.74. The van der Waals surface area contributed by atoms with Gasteiger partial charge in [0.25, 0.3) is 0 Å². The van der Waals surface area contributed by atoms with Crippen molar-refractivity contribution in [1.82, 2.24) is 9.80 Å². The van der Waals surface area contributed by atoms with Gasteiger partial charge in [-0.3, -0.25) is 14.5 Å². The number of alkyl halides is 3. The average molecular weight is 453 g/mol. The lowest BCUT2D eigenvalue weighted by Crippen LogP contribution is -2.50. The highest BCUT2D eigenvalue weighted by atomic mass is 19.4. The number of halogens is 4. The number of amides is 2. The van der Waals surface area contributed by atoms with E-state index in [-0.39, 0.29) is 29.9 Å². The van der Waals surface area contributed by atoms with Crippen LogP contribution in [0.1, 0.15) is 12.0 Å². The molecule has 0 bridgehead atoms. The van der Waals surface area contributed by atoms with Gasteiger partial charge >= 0.3 is 6.36 Å². The summed E-state index contributed by atoms with van der Waals surface area (Å²) in [4.78, 5) is 28.3. The van der Waals surface area contributed by atoms with E-state index in [2.05, 4.69) is 10.1 Å². The Morgan fingerprint density at radius 2 is 1.56 bits per heavy atom. The first kappa shape index (κ1) is 23.5. The van der Waals surface area contributed by atoms with Crippen molar-refractivity contribution in [1.29, 1.82) is 0 Å². The summed E-state index contributed by atoms with van der Waals surface area (Å²) in [6.07, 6.45) is -3.90. The minimum absolute atomic E-state index is 0.0135. The van der Waals surface area contributed by atoms with Crippen LogP contribution in [0.2, 0.25) is 0 Å². The summed E-state index contributed by atoms with van der Waals surface area (Å²) >= 11 is 0. The summed E-state index contributed by atoms with van der Waals surface area (Å²) in [5, 5.41) is 2.63. The molecule has 2 aromatic rings. The highest BCUT2D eigenvalue weighted by Gasteiger charge is 2.31. The molecule has 1 fully saturated rings. The van der Waals surface area contributed by atoms with Crippen molar-refractivity contribution < 1.29 is 31.9 Å². The lowest BCUT2D eigenvalue weighted by Gasteiger charge is -2.34. The van der Waals surface area contributed by atoms with Gasteiger partial charge in [0.2, 0.25) is 11.8 Å². The Bertz CT molecular complexity index is 910. The molecular formula is C22H23F4N3O3. The van der Waals surface area contributed by atoms with E-state index in [0.29, 0.717) is 44.7 Å². The molecule has 172 valence electrons. The highest BCUT2D eigenvalue weighted by molar-refractivity contribution is 5.92. The summed E-state index contributed by atoms with van der Waals surface area (Å²) < 4.78 is 53.3. The van der Waals surface area contributed by atoms with E-state index < -0.39 is 6.36 Å². The van der Waals surface area contributed by atoms with Gasteiger partial charge < -0.3 is 15.0 Å². The molecule has 0 aromatic heterocycles. The summed E-state index contributed by atoms with van der Waals surface area (Å²) in [6, 6.07) is 11.0. The quantitative estimate of drug-likeness (QED) is 0.653. The van der Waals surface area contributed by atoms with Gasteiger partial charge in [0, 0.05) is 38.3 Å². The normalized spacial score (nSPS) is 14.8. The van der Waals surface area contributed by atoms with Gasteiger partial charge in [0.05, 0.1) is 6.54 Å². The molecule has 6 nitrogen and oxygen atoms in total. The number of ether oxygens (including phenoxy) is 1. The second-order valence-corrected chi connectivity index (χ2v) is 7.40. The first-order chi connectivity index (χ1) is 15.2. The van der Waals surface area contributed by atoms with E-state index in [1.54, 1.807) is 17.0 Å². The summed E-state index contributed by atoms with van der Waals surface area (Å²) in [5.41, 5.74) is 1.26. The molecule has 1 saturated heterocycles. The number of rotatable bonds is 7. The second kappa shape index (κ2) is 10.4. The van der Waals surface area contributed by atoms with Gasteiger partial charge in [-0.15, -0.1) is 13.2 Å². The zero-order valence-electron chi connectivity index (χ0n) is 17.2. The number of piperazine rings is 1. The number of nitrogens with one attached hydrogen (secondary N) is 1. The van der Waals surface area contributed by atoms with Crippen LogP contribution in [-0.4, -0.2) is 60.7 Å². The standard InChI is InChI=1S/C22H23F4N3O3/c23-17-4-1-16(2-5-17)3-10-21(31)29-13-11-28(12-14-29)15-20(30)27-18-6-8-19(9-7-18)32-22(24,25)26/h1-2,4-9H,3,10-15H2,(H,27,30). The minimum Gasteiger partial charge on any atom is -0.406 e. The second-order valence-electron chi connectivity index (χ2n) is 7.40. The number of carbonyl (C=O) groups excluding carboxylic acids is 2. The summed E-state index contributed by atoms with van der Waals surface area (Å²) in [5.74, 6) is -0.964. The molecule has 1 heterocycles. The molecule has 32 heavy (non-hydrogen) atoms. The molecule has 2 aromatic carbocycles. The zero-order valence-corrected chi connectivity index (χ0v) is 17.2. The number of hydrogen-bond donors (Lipinski definition) is 1. The fraction of sp³-hybridized carbons (Fsp3) is 0.364. The van der Waals surface area contributed by atoms with E-state index >= 15 is 0 Å². The van der Waals surface area contributed by atoms with Gasteiger partial charge in [-0.2, -0.15) is 0 Å². The fourth-order valence-corrected chi connectivity index (χ4v) is 3.36. The molecule has 1 N–H and O–H groups in total. The van der Waals surface area contributed by atoms with E-state index in [1.165, 1.54) is 24.3 Å². The third kappa shape index (κ3) is 7.52. The van der Waals surface area contributed by atoms with Crippen LogP contribution in [0, 0.1) is 5.82 Å². The number of hydrogen-bond acceptors (Lipinski definition) is 4. The zero-order chi connectivity index (χ0) is 23.1. The van der Waals surface area contributed by atoms with E-state index in [9.17, 15) is 27.2 Å². The Labute approximate surface area is 182 Å². The molecule has 0 radical (unpaired) electrons. The van der Waals surface area contributed by atoms with Crippen molar-refractivity contribution in [3.05, 3.63) is 59.9 Å². The summed E-state index contributed by atoms with van der Waals surface area (Å²) in [7, 11) is 0. The van der Waals surface area contributed by atoms with Crippen molar-refractivity contribution in [2.24, 2.45) is 0 Å². The van der Waals surface area contributed by atoms with E-state index in [1.807, 2.05) is 4.90 Å². The number of nitrogens with zero attached hydrogens (tertiary/aromatic N) is 2. The molecule has 0 saturated carbocycles. The molecule has 0 atom stereocenters. The Balaban J connectivity index is 1.38. The third-order valence-corrected chi connectivity index (χ3v) is 5.00. The van der Waals surface area contributed by atoms with Gasteiger partial charge in [-0.05, 0) is 48.4 Å². The molecule has 1 aliphatic rings. The van der Waals surface area contributed by atoms with Crippen LogP contribution < -0.4 is 10.1 Å². The molecule has 3 rings (SSSR count). The van der Waals surface area contributed by atoms with Gasteiger partial charge in [0.1, 0.15) is 11.6 Å². The Hall–Kier alpha value is -3.14. The van der Waals surface area contributed by atoms with Crippen LogP contribution >= 0.6 is 0 Å². The molecular weight excluding hydrogens is 430 g/mol. The van der Waals surface area contributed by atoms with Crippen molar-refractivity contribution >= 4 is 17.5 Å². The van der Waals surface area contributed by atoms with Crippen molar-refractivity contribution in [3.8, 4) is 5.75 Å². The molecule has 0 unspecified atom stereocenters. The highest BCUT2D eigenvalue weighted by Crippen LogP contribution is 2.24. The van der Waals surface area contributed by atoms with Crippen LogP contribution in [0.25, 0.3) is 0 Å². The lowest BCUT2D eigenvalue weighted by molar-refractivity contribution is -0.274. The number of carbonyl (C=O) groups is 2. The molecule has 0 aliphatic carbocycles. The van der Waals surface area contributed by atoms with Crippen LogP contribution in [0.5, 0.6) is 5.75 Å². The Kier molecular flexibility index (Phi) is 7.68. The monoisotopic (exact) mass is 453 g/mol. The van der Waals surface area contributed by atoms with Gasteiger partial charge in [-0.25, -0.2) is 4.39 Å². The lowest BCUT2D eigenvalue weighted by atomic mass is 10.1. The maximum atomic E-state index is 12.9. The number of benzene rings is 2. The topological polar surface area (TPSA) is 61.9 Å². The number of anilines is 1. The Morgan fingerprint density at radius 1 is 0.938 bits per heavy atom.